The van der Waals surface area contributed by atoms with Gasteiger partial charge < -0.3 is 39.4 Å². The van der Waals surface area contributed by atoms with E-state index in [0.717, 1.165) is 77.0 Å². The third-order valence-corrected chi connectivity index (χ3v) is 8.78. The van der Waals surface area contributed by atoms with E-state index in [1.54, 1.807) is 0 Å². The van der Waals surface area contributed by atoms with Crippen LogP contribution in [0.2, 0.25) is 0 Å². The molecule has 0 bridgehead atoms. The standard InChI is InChI=1S/C45H72O10/c1-3-5-7-9-11-13-15-16-17-18-19-20-21-22-24-26-28-30-32-34-41(48)54-38(37-53-45-44(51)43(50)42(49)39(35-46)55-45)36-52-40(47)33-31-29-27-25-23-14-12-10-8-6-4-2/h5,7,10-13,16-17,19-20,22,24,28,30,38-39,42-46,49-51H,3-4,6,8-9,14-15,18,21,23,25-27,29,31-37H2,1-2H3/b7-5-,12-10-,13-11-,17-16-,20-19-,24-22-,30-28-. The molecule has 1 rings (SSSR count). The largest absolute Gasteiger partial charge is 0.462 e. The second-order valence-corrected chi connectivity index (χ2v) is 13.7. The highest BCUT2D eigenvalue weighted by molar-refractivity contribution is 5.70. The molecule has 10 heteroatoms. The van der Waals surface area contributed by atoms with Gasteiger partial charge in [-0.05, 0) is 70.6 Å². The molecule has 0 amide bonds. The highest BCUT2D eigenvalue weighted by Gasteiger charge is 2.44. The number of carbonyl (C=O) groups excluding carboxylic acids is 2. The van der Waals surface area contributed by atoms with Crippen molar-refractivity contribution in [1.29, 1.82) is 0 Å². The Hall–Kier alpha value is -3.12. The zero-order valence-corrected chi connectivity index (χ0v) is 33.6. The van der Waals surface area contributed by atoms with E-state index < -0.39 is 55.4 Å². The average Bonchev–Trinajstić information content (AvgIpc) is 3.18. The lowest BCUT2D eigenvalue weighted by Gasteiger charge is -2.39. The second kappa shape index (κ2) is 35.3. The number of ether oxygens (including phenoxy) is 4. The van der Waals surface area contributed by atoms with Crippen molar-refractivity contribution >= 4 is 11.9 Å². The van der Waals surface area contributed by atoms with Crippen LogP contribution in [-0.2, 0) is 28.5 Å². The summed E-state index contributed by atoms with van der Waals surface area (Å²) in [6, 6.07) is 0. The summed E-state index contributed by atoms with van der Waals surface area (Å²) in [5, 5.41) is 40.0. The Kier molecular flexibility index (Phi) is 32.0. The first-order valence-electron chi connectivity index (χ1n) is 20.7. The Morgan fingerprint density at radius 2 is 1.11 bits per heavy atom. The van der Waals surface area contributed by atoms with Gasteiger partial charge >= 0.3 is 11.9 Å². The zero-order chi connectivity index (χ0) is 40.2. The van der Waals surface area contributed by atoms with E-state index in [9.17, 15) is 30.0 Å². The maximum Gasteiger partial charge on any atom is 0.306 e. The van der Waals surface area contributed by atoms with Crippen molar-refractivity contribution < 1.29 is 49.0 Å². The minimum absolute atomic E-state index is 0.0984. The van der Waals surface area contributed by atoms with Gasteiger partial charge in [0.05, 0.1) is 13.2 Å². The van der Waals surface area contributed by atoms with Crippen molar-refractivity contribution in [1.82, 2.24) is 0 Å². The smallest absolute Gasteiger partial charge is 0.306 e. The molecule has 0 aliphatic carbocycles. The lowest BCUT2D eigenvalue weighted by Crippen LogP contribution is -2.59. The minimum Gasteiger partial charge on any atom is -0.462 e. The van der Waals surface area contributed by atoms with Crippen molar-refractivity contribution in [2.24, 2.45) is 0 Å². The van der Waals surface area contributed by atoms with Gasteiger partial charge in [-0.25, -0.2) is 0 Å². The van der Waals surface area contributed by atoms with Crippen LogP contribution in [0.15, 0.2) is 85.1 Å². The van der Waals surface area contributed by atoms with Crippen LogP contribution in [0.1, 0.15) is 129 Å². The molecule has 0 radical (unpaired) electrons. The van der Waals surface area contributed by atoms with Crippen LogP contribution < -0.4 is 0 Å². The molecule has 1 aliphatic heterocycles. The topological polar surface area (TPSA) is 152 Å². The summed E-state index contributed by atoms with van der Waals surface area (Å²) in [4.78, 5) is 25.2. The Bertz CT molecular complexity index is 1170. The number of rotatable bonds is 32. The van der Waals surface area contributed by atoms with Crippen LogP contribution in [0.25, 0.3) is 0 Å². The fraction of sp³-hybridized carbons (Fsp3) is 0.644. The van der Waals surface area contributed by atoms with Crippen molar-refractivity contribution in [3.05, 3.63) is 85.1 Å². The molecule has 4 N–H and O–H groups in total. The van der Waals surface area contributed by atoms with Crippen LogP contribution in [0.4, 0.5) is 0 Å². The average molecular weight is 773 g/mol. The van der Waals surface area contributed by atoms with Gasteiger partial charge in [-0.2, -0.15) is 0 Å². The summed E-state index contributed by atoms with van der Waals surface area (Å²) in [6.45, 7) is 3.15. The lowest BCUT2D eigenvalue weighted by molar-refractivity contribution is -0.305. The van der Waals surface area contributed by atoms with Gasteiger partial charge in [-0.15, -0.1) is 0 Å². The SMILES string of the molecule is CC/C=C\C/C=C\C/C=C\C/C=C\C/C=C\C/C=C\CCC(=O)OC(COC(=O)CCCCCCC/C=C\CCCC)COC1OC(CO)C(O)C(O)C1O. The van der Waals surface area contributed by atoms with Crippen molar-refractivity contribution in [2.45, 2.75) is 166 Å². The number of hydrogen-bond donors (Lipinski definition) is 4. The Morgan fingerprint density at radius 1 is 0.582 bits per heavy atom. The molecule has 1 fully saturated rings. The van der Waals surface area contributed by atoms with Gasteiger partial charge in [0.2, 0.25) is 0 Å². The first kappa shape index (κ1) is 49.9. The van der Waals surface area contributed by atoms with E-state index in [0.29, 0.717) is 12.8 Å². The summed E-state index contributed by atoms with van der Waals surface area (Å²) in [5.74, 6) is -0.927. The van der Waals surface area contributed by atoms with E-state index >= 15 is 0 Å². The van der Waals surface area contributed by atoms with E-state index in [2.05, 4.69) is 86.8 Å². The van der Waals surface area contributed by atoms with Gasteiger partial charge in [0.15, 0.2) is 12.4 Å². The Morgan fingerprint density at radius 3 is 1.69 bits per heavy atom. The predicted octanol–water partition coefficient (Wildman–Crippen LogP) is 8.21. The molecule has 55 heavy (non-hydrogen) atoms. The van der Waals surface area contributed by atoms with Crippen molar-refractivity contribution in [3.8, 4) is 0 Å². The van der Waals surface area contributed by atoms with Gasteiger partial charge in [-0.1, -0.05) is 131 Å². The number of aliphatic hydroxyl groups is 4. The van der Waals surface area contributed by atoms with Crippen LogP contribution >= 0.6 is 0 Å². The zero-order valence-electron chi connectivity index (χ0n) is 33.6. The Labute approximate surface area is 331 Å². The summed E-state index contributed by atoms with van der Waals surface area (Å²) >= 11 is 0. The molecule has 6 atom stereocenters. The maximum atomic E-state index is 12.7. The second-order valence-electron chi connectivity index (χ2n) is 13.7. The first-order chi connectivity index (χ1) is 26.8. The van der Waals surface area contributed by atoms with Crippen LogP contribution in [0.3, 0.4) is 0 Å². The van der Waals surface area contributed by atoms with Crippen molar-refractivity contribution in [2.75, 3.05) is 19.8 Å². The number of allylic oxidation sites excluding steroid dienone is 14. The molecule has 0 aromatic heterocycles. The molecular formula is C45H72O10. The highest BCUT2D eigenvalue weighted by Crippen LogP contribution is 2.22. The first-order valence-corrected chi connectivity index (χ1v) is 20.7. The quantitative estimate of drug-likeness (QED) is 0.0299. The van der Waals surface area contributed by atoms with E-state index in [1.165, 1.54) is 12.8 Å². The fourth-order valence-electron chi connectivity index (χ4n) is 5.49. The number of unbranched alkanes of at least 4 members (excludes halogenated alkanes) is 7. The van der Waals surface area contributed by atoms with E-state index in [-0.39, 0.29) is 26.1 Å². The molecule has 0 saturated carbocycles. The molecule has 1 saturated heterocycles. The monoisotopic (exact) mass is 773 g/mol. The molecule has 1 heterocycles. The maximum absolute atomic E-state index is 12.7. The molecule has 10 nitrogen and oxygen atoms in total. The fourth-order valence-corrected chi connectivity index (χ4v) is 5.49. The number of hydrogen-bond acceptors (Lipinski definition) is 10. The van der Waals surface area contributed by atoms with Gasteiger partial charge in [-0.3, -0.25) is 9.59 Å². The normalized spacial score (nSPS) is 21.5. The molecule has 1 aliphatic rings. The molecule has 0 aromatic carbocycles. The summed E-state index contributed by atoms with van der Waals surface area (Å²) < 4.78 is 22.0. The number of esters is 2. The van der Waals surface area contributed by atoms with Gasteiger partial charge in [0.25, 0.3) is 0 Å². The highest BCUT2D eigenvalue weighted by atomic mass is 16.7. The molecule has 0 spiro atoms. The number of aliphatic hydroxyl groups excluding tert-OH is 4. The van der Waals surface area contributed by atoms with E-state index in [4.69, 9.17) is 18.9 Å². The van der Waals surface area contributed by atoms with Crippen LogP contribution in [0.5, 0.6) is 0 Å². The van der Waals surface area contributed by atoms with Gasteiger partial charge in [0, 0.05) is 12.8 Å². The summed E-state index contributed by atoms with van der Waals surface area (Å²) in [5.41, 5.74) is 0. The lowest BCUT2D eigenvalue weighted by atomic mass is 9.99. The molecule has 312 valence electrons. The van der Waals surface area contributed by atoms with Crippen LogP contribution in [0, 0.1) is 0 Å². The predicted molar refractivity (Wildman–Crippen MR) is 219 cm³/mol. The Balaban J connectivity index is 2.44. The molecule has 6 unspecified atom stereocenters. The van der Waals surface area contributed by atoms with E-state index in [1.807, 2.05) is 12.2 Å². The molecular weight excluding hydrogens is 700 g/mol. The third kappa shape index (κ3) is 27.2. The molecule has 0 aromatic rings. The summed E-state index contributed by atoms with van der Waals surface area (Å²) in [6.07, 6.45) is 37.5. The number of carbonyl (C=O) groups is 2. The summed E-state index contributed by atoms with van der Waals surface area (Å²) in [7, 11) is 0. The third-order valence-electron chi connectivity index (χ3n) is 8.78. The van der Waals surface area contributed by atoms with Gasteiger partial charge in [0.1, 0.15) is 31.0 Å². The van der Waals surface area contributed by atoms with Crippen LogP contribution in [-0.4, -0.2) is 89.0 Å². The minimum atomic E-state index is -1.61. The van der Waals surface area contributed by atoms with Crippen molar-refractivity contribution in [3.63, 3.8) is 0 Å².